The number of carbonyl (C=O) groups is 2. The first-order chi connectivity index (χ1) is 17.4. The first kappa shape index (κ1) is 24.5. The Hall–Kier alpha value is -4.60. The number of benzene rings is 2. The number of nitrogens with one attached hydrogen (secondary N) is 2. The van der Waals surface area contributed by atoms with Crippen molar-refractivity contribution in [2.75, 3.05) is 12.4 Å². The summed E-state index contributed by atoms with van der Waals surface area (Å²) >= 11 is 0. The van der Waals surface area contributed by atoms with E-state index in [1.807, 2.05) is 38.1 Å². The summed E-state index contributed by atoms with van der Waals surface area (Å²) < 4.78 is 21.6. The number of anilines is 1. The normalized spacial score (nSPS) is 11.7. The third-order valence-corrected chi connectivity index (χ3v) is 5.27. The Balaban J connectivity index is 1.31. The van der Waals surface area contributed by atoms with Gasteiger partial charge in [-0.05, 0) is 66.6 Å². The lowest BCUT2D eigenvalue weighted by atomic mass is 10.0. The highest BCUT2D eigenvalue weighted by atomic mass is 16.5. The number of aromatic nitrogens is 2. The fraction of sp³-hybridized carbons (Fsp3) is 0.231. The molecular weight excluding hydrogens is 464 g/mol. The quantitative estimate of drug-likeness (QED) is 0.336. The van der Waals surface area contributed by atoms with E-state index in [1.165, 1.54) is 12.3 Å². The van der Waals surface area contributed by atoms with Gasteiger partial charge in [0.2, 0.25) is 11.8 Å². The van der Waals surface area contributed by atoms with E-state index in [1.54, 1.807) is 37.4 Å². The molecule has 2 aromatic carbocycles. The van der Waals surface area contributed by atoms with E-state index in [-0.39, 0.29) is 24.2 Å². The lowest BCUT2D eigenvalue weighted by Gasteiger charge is -2.21. The van der Waals surface area contributed by atoms with Crippen molar-refractivity contribution in [1.82, 2.24) is 15.5 Å². The molecule has 0 spiro atoms. The zero-order valence-corrected chi connectivity index (χ0v) is 20.1. The fourth-order valence-corrected chi connectivity index (χ4v) is 3.32. The van der Waals surface area contributed by atoms with Crippen molar-refractivity contribution in [3.8, 4) is 23.0 Å². The Morgan fingerprint density at radius 2 is 1.69 bits per heavy atom. The number of rotatable bonds is 10. The molecule has 0 aliphatic rings. The van der Waals surface area contributed by atoms with Gasteiger partial charge in [0, 0.05) is 11.3 Å². The maximum absolute atomic E-state index is 12.8. The Morgan fingerprint density at radius 3 is 2.33 bits per heavy atom. The Morgan fingerprint density at radius 1 is 0.972 bits per heavy atom. The van der Waals surface area contributed by atoms with E-state index in [0.29, 0.717) is 23.2 Å². The minimum absolute atomic E-state index is 0.0864. The average molecular weight is 491 g/mol. The lowest BCUT2D eigenvalue weighted by Crippen LogP contribution is -2.47. The van der Waals surface area contributed by atoms with Crippen LogP contribution in [0.25, 0.3) is 11.5 Å². The molecule has 0 bridgehead atoms. The van der Waals surface area contributed by atoms with E-state index in [9.17, 15) is 9.59 Å². The summed E-state index contributed by atoms with van der Waals surface area (Å²) in [6.07, 6.45) is 1.40. The molecule has 0 aliphatic carbocycles. The van der Waals surface area contributed by atoms with E-state index >= 15 is 0 Å². The first-order valence-electron chi connectivity index (χ1n) is 11.3. The van der Waals surface area contributed by atoms with Crippen LogP contribution in [0, 0.1) is 5.92 Å². The van der Waals surface area contributed by atoms with Crippen LogP contribution in [0.1, 0.15) is 30.3 Å². The van der Waals surface area contributed by atoms with Gasteiger partial charge in [-0.15, -0.1) is 10.2 Å². The van der Waals surface area contributed by atoms with Gasteiger partial charge in [-0.3, -0.25) is 9.59 Å². The van der Waals surface area contributed by atoms with Gasteiger partial charge in [0.05, 0.1) is 13.4 Å². The maximum atomic E-state index is 12.8. The van der Waals surface area contributed by atoms with Gasteiger partial charge in [-0.25, -0.2) is 0 Å². The summed E-state index contributed by atoms with van der Waals surface area (Å²) in [5.74, 6) is 1.22. The molecule has 2 N–H and O–H groups in total. The molecule has 0 aliphatic heterocycles. The van der Waals surface area contributed by atoms with E-state index in [2.05, 4.69) is 20.8 Å². The predicted molar refractivity (Wildman–Crippen MR) is 130 cm³/mol. The third kappa shape index (κ3) is 6.09. The summed E-state index contributed by atoms with van der Waals surface area (Å²) in [4.78, 5) is 25.1. The van der Waals surface area contributed by atoms with Crippen molar-refractivity contribution in [3.63, 3.8) is 0 Å². The van der Waals surface area contributed by atoms with Crippen LogP contribution in [-0.2, 0) is 11.4 Å². The number of carbonyl (C=O) groups excluding carboxylic acids is 2. The third-order valence-electron chi connectivity index (χ3n) is 5.27. The number of furan rings is 1. The second kappa shape index (κ2) is 11.2. The summed E-state index contributed by atoms with van der Waals surface area (Å²) in [5, 5.41) is 13.6. The Bertz CT molecular complexity index is 1280. The number of ether oxygens (including phenoxy) is 2. The molecule has 0 saturated carbocycles. The molecule has 10 heteroatoms. The summed E-state index contributed by atoms with van der Waals surface area (Å²) in [5.41, 5.74) is 1.33. The van der Waals surface area contributed by atoms with E-state index in [4.69, 9.17) is 18.3 Å². The molecule has 4 aromatic rings. The van der Waals surface area contributed by atoms with Gasteiger partial charge in [0.25, 0.3) is 11.8 Å². The molecule has 4 rings (SSSR count). The maximum Gasteiger partial charge on any atom is 0.287 e. The zero-order chi connectivity index (χ0) is 25.5. The monoisotopic (exact) mass is 490 g/mol. The van der Waals surface area contributed by atoms with Gasteiger partial charge < -0.3 is 28.9 Å². The fourth-order valence-electron chi connectivity index (χ4n) is 3.32. The zero-order valence-electron chi connectivity index (χ0n) is 20.1. The molecule has 2 heterocycles. The van der Waals surface area contributed by atoms with Crippen LogP contribution >= 0.6 is 0 Å². The number of amides is 2. The Labute approximate surface area is 207 Å². The van der Waals surface area contributed by atoms with Gasteiger partial charge in [-0.2, -0.15) is 0 Å². The molecule has 0 unspecified atom stereocenters. The Kier molecular flexibility index (Phi) is 7.64. The highest BCUT2D eigenvalue weighted by molar-refractivity contribution is 6.00. The molecule has 1 atom stereocenters. The highest BCUT2D eigenvalue weighted by Gasteiger charge is 2.25. The van der Waals surface area contributed by atoms with Gasteiger partial charge in [0.15, 0.2) is 12.4 Å². The van der Waals surface area contributed by atoms with E-state index < -0.39 is 11.9 Å². The van der Waals surface area contributed by atoms with Gasteiger partial charge >= 0.3 is 0 Å². The van der Waals surface area contributed by atoms with Crippen molar-refractivity contribution < 1.29 is 27.9 Å². The standard InChI is InChI=1S/C26H26N4O6/c1-16(2)23(28-24(31)21-5-4-14-34-21)25(32)27-18-8-12-20(13-9-18)35-15-22-29-30-26(36-22)17-6-10-19(33-3)11-7-17/h4-14,16,23H,15H2,1-3H3,(H,27,32)(H,28,31)/t23-/m0/s1. The van der Waals surface area contributed by atoms with Crippen LogP contribution in [0.2, 0.25) is 0 Å². The number of hydrogen-bond donors (Lipinski definition) is 2. The molecule has 10 nitrogen and oxygen atoms in total. The van der Waals surface area contributed by atoms with Gasteiger partial charge in [-0.1, -0.05) is 13.8 Å². The molecule has 2 aromatic heterocycles. The van der Waals surface area contributed by atoms with E-state index in [0.717, 1.165) is 11.3 Å². The van der Waals surface area contributed by atoms with Crippen molar-refractivity contribution in [2.24, 2.45) is 5.92 Å². The second-order valence-electron chi connectivity index (χ2n) is 8.20. The van der Waals surface area contributed by atoms with Gasteiger partial charge in [0.1, 0.15) is 17.5 Å². The molecular formula is C26H26N4O6. The topological polar surface area (TPSA) is 129 Å². The van der Waals surface area contributed by atoms with Crippen LogP contribution in [0.4, 0.5) is 5.69 Å². The number of nitrogens with zero attached hydrogens (tertiary/aromatic N) is 2. The second-order valence-corrected chi connectivity index (χ2v) is 8.20. The highest BCUT2D eigenvalue weighted by Crippen LogP contribution is 2.22. The van der Waals surface area contributed by atoms with Crippen molar-refractivity contribution >= 4 is 17.5 Å². The minimum atomic E-state index is -0.740. The lowest BCUT2D eigenvalue weighted by molar-refractivity contribution is -0.118. The number of hydrogen-bond acceptors (Lipinski definition) is 8. The first-order valence-corrected chi connectivity index (χ1v) is 11.3. The van der Waals surface area contributed by atoms with Crippen LogP contribution in [0.15, 0.2) is 75.8 Å². The predicted octanol–water partition coefficient (Wildman–Crippen LogP) is 4.31. The molecule has 0 radical (unpaired) electrons. The molecule has 2 amide bonds. The molecule has 36 heavy (non-hydrogen) atoms. The smallest absolute Gasteiger partial charge is 0.287 e. The van der Waals surface area contributed by atoms with Crippen LogP contribution in [0.3, 0.4) is 0 Å². The van der Waals surface area contributed by atoms with Crippen LogP contribution < -0.4 is 20.1 Å². The molecule has 0 fully saturated rings. The SMILES string of the molecule is COc1ccc(-c2nnc(COc3ccc(NC(=O)[C@@H](NC(=O)c4ccco4)C(C)C)cc3)o2)cc1. The number of methoxy groups -OCH3 is 1. The molecule has 0 saturated heterocycles. The average Bonchev–Trinajstić information content (AvgIpc) is 3.59. The van der Waals surface area contributed by atoms with Crippen molar-refractivity contribution in [3.05, 3.63) is 78.6 Å². The van der Waals surface area contributed by atoms with Crippen molar-refractivity contribution in [1.29, 1.82) is 0 Å². The minimum Gasteiger partial charge on any atom is -0.497 e. The van der Waals surface area contributed by atoms with Crippen molar-refractivity contribution in [2.45, 2.75) is 26.5 Å². The van der Waals surface area contributed by atoms with Crippen LogP contribution in [-0.4, -0.2) is 35.2 Å². The largest absolute Gasteiger partial charge is 0.497 e. The summed E-state index contributed by atoms with van der Waals surface area (Å²) in [6.45, 7) is 3.78. The summed E-state index contributed by atoms with van der Waals surface area (Å²) in [7, 11) is 1.60. The molecule has 186 valence electrons. The van der Waals surface area contributed by atoms with Crippen LogP contribution in [0.5, 0.6) is 11.5 Å². The summed E-state index contributed by atoms with van der Waals surface area (Å²) in [6, 6.07) is 16.5.